The van der Waals surface area contributed by atoms with Gasteiger partial charge in [0.25, 0.3) is 5.91 Å². The molecule has 7 nitrogen and oxygen atoms in total. The van der Waals surface area contributed by atoms with Crippen molar-refractivity contribution >= 4 is 17.5 Å². The molecule has 2 aliphatic rings. The third kappa shape index (κ3) is 3.81. The highest BCUT2D eigenvalue weighted by molar-refractivity contribution is 5.98. The molecular weight excluding hydrogens is 348 g/mol. The van der Waals surface area contributed by atoms with E-state index in [4.69, 9.17) is 14.2 Å². The minimum atomic E-state index is -0.137. The van der Waals surface area contributed by atoms with Gasteiger partial charge in [0, 0.05) is 19.5 Å². The van der Waals surface area contributed by atoms with Crippen LogP contribution < -0.4 is 24.4 Å². The first-order valence-corrected chi connectivity index (χ1v) is 8.88. The fourth-order valence-electron chi connectivity index (χ4n) is 3.14. The summed E-state index contributed by atoms with van der Waals surface area (Å²) in [5.41, 5.74) is 1.78. The molecule has 2 heterocycles. The second-order valence-corrected chi connectivity index (χ2v) is 6.34. The lowest BCUT2D eigenvalue weighted by Crippen LogP contribution is -2.41. The van der Waals surface area contributed by atoms with Crippen LogP contribution in [0, 0.1) is 0 Å². The molecule has 2 aromatic rings. The lowest BCUT2D eigenvalue weighted by atomic mass is 10.1. The number of nitrogens with zero attached hydrogens (tertiary/aromatic N) is 1. The Morgan fingerprint density at radius 1 is 1.04 bits per heavy atom. The van der Waals surface area contributed by atoms with Gasteiger partial charge >= 0.3 is 0 Å². The van der Waals surface area contributed by atoms with Crippen molar-refractivity contribution in [2.45, 2.75) is 12.8 Å². The van der Waals surface area contributed by atoms with E-state index in [-0.39, 0.29) is 31.6 Å². The van der Waals surface area contributed by atoms with Crippen molar-refractivity contribution in [2.75, 3.05) is 31.4 Å². The summed E-state index contributed by atoms with van der Waals surface area (Å²) < 4.78 is 16.0. The van der Waals surface area contributed by atoms with Crippen LogP contribution in [0.1, 0.15) is 12.0 Å². The smallest absolute Gasteiger partial charge is 0.265 e. The third-order valence-electron chi connectivity index (χ3n) is 4.54. The molecule has 0 saturated heterocycles. The topological polar surface area (TPSA) is 77.1 Å². The molecule has 140 valence electrons. The Balaban J connectivity index is 1.26. The van der Waals surface area contributed by atoms with E-state index >= 15 is 0 Å². The molecule has 0 unspecified atom stereocenters. The van der Waals surface area contributed by atoms with Gasteiger partial charge in [-0.05, 0) is 36.2 Å². The van der Waals surface area contributed by atoms with E-state index in [0.717, 1.165) is 17.1 Å². The van der Waals surface area contributed by atoms with Crippen LogP contribution in [0.3, 0.4) is 0 Å². The number of hydrogen-bond acceptors (Lipinski definition) is 5. The van der Waals surface area contributed by atoms with E-state index < -0.39 is 0 Å². The molecule has 0 radical (unpaired) electrons. The number of para-hydroxylation sites is 2. The van der Waals surface area contributed by atoms with Crippen molar-refractivity contribution in [3.63, 3.8) is 0 Å². The number of anilines is 1. The Bertz CT molecular complexity index is 867. The van der Waals surface area contributed by atoms with Gasteiger partial charge in [-0.25, -0.2) is 0 Å². The number of hydrogen-bond donors (Lipinski definition) is 1. The van der Waals surface area contributed by atoms with Crippen LogP contribution in [0.4, 0.5) is 5.69 Å². The minimum absolute atomic E-state index is 0.00272. The van der Waals surface area contributed by atoms with E-state index in [9.17, 15) is 9.59 Å². The van der Waals surface area contributed by atoms with E-state index in [0.29, 0.717) is 30.9 Å². The fraction of sp³-hybridized carbons (Fsp3) is 0.300. The van der Waals surface area contributed by atoms with Crippen LogP contribution in [0.2, 0.25) is 0 Å². The predicted molar refractivity (Wildman–Crippen MR) is 98.2 cm³/mol. The number of ether oxygens (including phenoxy) is 3. The first kappa shape index (κ1) is 17.2. The van der Waals surface area contributed by atoms with E-state index in [1.54, 1.807) is 4.90 Å². The number of carbonyl (C=O) groups is 2. The van der Waals surface area contributed by atoms with Gasteiger partial charge in [-0.15, -0.1) is 0 Å². The molecule has 0 bridgehead atoms. The zero-order valence-electron chi connectivity index (χ0n) is 14.8. The Morgan fingerprint density at radius 3 is 2.81 bits per heavy atom. The van der Waals surface area contributed by atoms with Gasteiger partial charge in [0.15, 0.2) is 18.1 Å². The summed E-state index contributed by atoms with van der Waals surface area (Å²) in [6.45, 7) is 1.10. The van der Waals surface area contributed by atoms with Crippen LogP contribution in [0.5, 0.6) is 17.2 Å². The number of fused-ring (bicyclic) bond motifs is 2. The normalized spacial score (nSPS) is 14.5. The van der Waals surface area contributed by atoms with Gasteiger partial charge in [-0.1, -0.05) is 18.2 Å². The van der Waals surface area contributed by atoms with Crippen LogP contribution in [0.15, 0.2) is 42.5 Å². The first-order valence-electron chi connectivity index (χ1n) is 8.88. The summed E-state index contributed by atoms with van der Waals surface area (Å²) in [5, 5.41) is 2.90. The number of carbonyl (C=O) groups excluding carboxylic acids is 2. The molecule has 2 amide bonds. The maximum absolute atomic E-state index is 12.2. The molecule has 2 aliphatic heterocycles. The van der Waals surface area contributed by atoms with Gasteiger partial charge in [0.05, 0.1) is 5.69 Å². The largest absolute Gasteiger partial charge is 0.482 e. The second-order valence-electron chi connectivity index (χ2n) is 6.34. The highest BCUT2D eigenvalue weighted by Crippen LogP contribution is 2.33. The highest BCUT2D eigenvalue weighted by Gasteiger charge is 2.25. The summed E-state index contributed by atoms with van der Waals surface area (Å²) >= 11 is 0. The first-order chi connectivity index (χ1) is 13.2. The summed E-state index contributed by atoms with van der Waals surface area (Å²) in [6, 6.07) is 13.1. The summed E-state index contributed by atoms with van der Waals surface area (Å²) in [5.74, 6) is 1.93. The van der Waals surface area contributed by atoms with Crippen molar-refractivity contribution in [2.24, 2.45) is 0 Å². The molecule has 2 aromatic carbocycles. The molecule has 4 rings (SSSR count). The van der Waals surface area contributed by atoms with Crippen molar-refractivity contribution in [1.82, 2.24) is 5.32 Å². The number of benzene rings is 2. The molecular formula is C20H20N2O5. The van der Waals surface area contributed by atoms with Crippen LogP contribution >= 0.6 is 0 Å². The van der Waals surface area contributed by atoms with E-state index in [1.807, 2.05) is 42.5 Å². The predicted octanol–water partition coefficient (Wildman–Crippen LogP) is 1.89. The fourth-order valence-corrected chi connectivity index (χ4v) is 3.14. The summed E-state index contributed by atoms with van der Waals surface area (Å²) in [4.78, 5) is 25.9. The van der Waals surface area contributed by atoms with Gasteiger partial charge in [-0.2, -0.15) is 0 Å². The van der Waals surface area contributed by atoms with Gasteiger partial charge in [0.2, 0.25) is 12.7 Å². The van der Waals surface area contributed by atoms with Crippen LogP contribution in [0.25, 0.3) is 0 Å². The van der Waals surface area contributed by atoms with Gasteiger partial charge < -0.3 is 24.4 Å². The Morgan fingerprint density at radius 2 is 1.89 bits per heavy atom. The minimum Gasteiger partial charge on any atom is -0.482 e. The van der Waals surface area contributed by atoms with E-state index in [2.05, 4.69) is 5.32 Å². The van der Waals surface area contributed by atoms with Crippen molar-refractivity contribution in [3.05, 3.63) is 48.0 Å². The zero-order valence-corrected chi connectivity index (χ0v) is 14.8. The zero-order chi connectivity index (χ0) is 18.6. The van der Waals surface area contributed by atoms with Gasteiger partial charge in [0.1, 0.15) is 5.75 Å². The van der Waals surface area contributed by atoms with Crippen molar-refractivity contribution in [3.8, 4) is 17.2 Å². The summed E-state index contributed by atoms with van der Waals surface area (Å²) in [6.07, 6.45) is 0.933. The lowest BCUT2D eigenvalue weighted by molar-refractivity contribution is -0.122. The quantitative estimate of drug-likeness (QED) is 0.843. The molecule has 7 heteroatoms. The van der Waals surface area contributed by atoms with Crippen molar-refractivity contribution in [1.29, 1.82) is 0 Å². The molecule has 0 aliphatic carbocycles. The Labute approximate surface area is 156 Å². The standard InChI is InChI=1S/C20H20N2O5/c23-19(21-9-7-14-5-6-17-18(11-14)27-13-26-17)8-10-22-15-3-1-2-4-16(15)25-12-20(22)24/h1-6,11H,7-10,12-13H2,(H,21,23). The maximum atomic E-state index is 12.2. The SMILES string of the molecule is O=C(CCN1C(=O)COc2ccccc21)NCCc1ccc2c(c1)OCO2. The summed E-state index contributed by atoms with van der Waals surface area (Å²) in [7, 11) is 0. The molecule has 0 spiro atoms. The Kier molecular flexibility index (Phi) is 4.82. The van der Waals surface area contributed by atoms with Crippen LogP contribution in [-0.4, -0.2) is 38.3 Å². The highest BCUT2D eigenvalue weighted by atomic mass is 16.7. The molecule has 0 atom stereocenters. The number of amides is 2. The molecule has 27 heavy (non-hydrogen) atoms. The van der Waals surface area contributed by atoms with E-state index in [1.165, 1.54) is 0 Å². The second kappa shape index (κ2) is 7.57. The molecule has 0 fully saturated rings. The number of nitrogens with one attached hydrogen (secondary N) is 1. The number of rotatable bonds is 6. The Hall–Kier alpha value is -3.22. The molecule has 0 aromatic heterocycles. The molecule has 1 N–H and O–H groups in total. The lowest BCUT2D eigenvalue weighted by Gasteiger charge is -2.29. The van der Waals surface area contributed by atoms with Crippen LogP contribution in [-0.2, 0) is 16.0 Å². The average Bonchev–Trinajstić information content (AvgIpc) is 3.15. The van der Waals surface area contributed by atoms with Gasteiger partial charge in [-0.3, -0.25) is 9.59 Å². The average molecular weight is 368 g/mol. The monoisotopic (exact) mass is 368 g/mol. The van der Waals surface area contributed by atoms with Crippen molar-refractivity contribution < 1.29 is 23.8 Å². The maximum Gasteiger partial charge on any atom is 0.265 e. The third-order valence-corrected chi connectivity index (χ3v) is 4.54. The molecule has 0 saturated carbocycles.